The van der Waals surface area contributed by atoms with Crippen LogP contribution in [0.1, 0.15) is 36.0 Å². The van der Waals surface area contributed by atoms with Crippen molar-refractivity contribution in [1.29, 1.82) is 0 Å². The third-order valence-corrected chi connectivity index (χ3v) is 2.86. The first kappa shape index (κ1) is 15.3. The summed E-state index contributed by atoms with van der Waals surface area (Å²) in [6.07, 6.45) is 3.73. The van der Waals surface area contributed by atoms with E-state index in [1.165, 1.54) is 7.11 Å². The molecule has 5 nitrogen and oxygen atoms in total. The molecule has 19 heavy (non-hydrogen) atoms. The summed E-state index contributed by atoms with van der Waals surface area (Å²) in [7, 11) is 1.54. The lowest BCUT2D eigenvalue weighted by Gasteiger charge is -2.08. The molecule has 0 fully saturated rings. The Hall–Kier alpha value is -1.75. The van der Waals surface area contributed by atoms with Gasteiger partial charge in [-0.05, 0) is 31.0 Å². The minimum absolute atomic E-state index is 0.128. The number of nitrogens with one attached hydrogen (secondary N) is 1. The summed E-state index contributed by atoms with van der Waals surface area (Å²) < 4.78 is 5.04. The number of benzene rings is 1. The number of ether oxygens (including phenoxy) is 1. The second-order valence-electron chi connectivity index (χ2n) is 4.35. The molecule has 4 N–H and O–H groups in total. The van der Waals surface area contributed by atoms with Gasteiger partial charge in [-0.25, -0.2) is 0 Å². The summed E-state index contributed by atoms with van der Waals surface area (Å²) in [6.45, 7) is 0.869. The molecular formula is C14H22N2O3. The largest absolute Gasteiger partial charge is 0.495 e. The average Bonchev–Trinajstić information content (AvgIpc) is 2.42. The smallest absolute Gasteiger partial charge is 0.251 e. The molecule has 0 radical (unpaired) electrons. The minimum Gasteiger partial charge on any atom is -0.495 e. The summed E-state index contributed by atoms with van der Waals surface area (Å²) >= 11 is 0. The molecular weight excluding hydrogens is 244 g/mol. The number of anilines is 1. The molecule has 0 spiro atoms. The number of carbonyl (C=O) groups excluding carboxylic acids is 1. The van der Waals surface area contributed by atoms with Crippen molar-refractivity contribution >= 4 is 11.6 Å². The van der Waals surface area contributed by atoms with Crippen molar-refractivity contribution in [3.8, 4) is 5.75 Å². The summed E-state index contributed by atoms with van der Waals surface area (Å²) in [6, 6.07) is 4.99. The second kappa shape index (κ2) is 8.37. The third kappa shape index (κ3) is 5.18. The number of unbranched alkanes of at least 4 members (excludes halogenated alkanes) is 3. The molecule has 106 valence electrons. The predicted molar refractivity (Wildman–Crippen MR) is 75.3 cm³/mol. The molecule has 0 saturated carbocycles. The summed E-state index contributed by atoms with van der Waals surface area (Å²) in [4.78, 5) is 11.8. The molecule has 0 bridgehead atoms. The van der Waals surface area contributed by atoms with E-state index in [0.717, 1.165) is 25.7 Å². The number of carbonyl (C=O) groups is 1. The van der Waals surface area contributed by atoms with Crippen molar-refractivity contribution in [2.75, 3.05) is 26.0 Å². The Labute approximate surface area is 113 Å². The molecule has 5 heteroatoms. The Morgan fingerprint density at radius 3 is 2.68 bits per heavy atom. The maximum absolute atomic E-state index is 11.8. The maximum Gasteiger partial charge on any atom is 0.251 e. The van der Waals surface area contributed by atoms with Gasteiger partial charge in [-0.3, -0.25) is 4.79 Å². The summed E-state index contributed by atoms with van der Waals surface area (Å²) in [5, 5.41) is 11.5. The average molecular weight is 266 g/mol. The SMILES string of the molecule is COc1ccc(C(=O)NCCCCCCO)cc1N. The van der Waals surface area contributed by atoms with E-state index in [4.69, 9.17) is 15.6 Å². The van der Waals surface area contributed by atoms with Gasteiger partial charge in [0.1, 0.15) is 5.75 Å². The van der Waals surface area contributed by atoms with Crippen molar-refractivity contribution in [2.45, 2.75) is 25.7 Å². The van der Waals surface area contributed by atoms with E-state index in [1.807, 2.05) is 0 Å². The maximum atomic E-state index is 11.8. The number of aliphatic hydroxyl groups excluding tert-OH is 1. The number of amides is 1. The van der Waals surface area contributed by atoms with E-state index >= 15 is 0 Å². The fraction of sp³-hybridized carbons (Fsp3) is 0.500. The highest BCUT2D eigenvalue weighted by molar-refractivity contribution is 5.95. The molecule has 0 aliphatic carbocycles. The van der Waals surface area contributed by atoms with Crippen LogP contribution in [0.15, 0.2) is 18.2 Å². The summed E-state index contributed by atoms with van der Waals surface area (Å²) in [5.41, 5.74) is 6.74. The molecule has 0 saturated heterocycles. The quantitative estimate of drug-likeness (QED) is 0.492. The molecule has 0 heterocycles. The zero-order valence-electron chi connectivity index (χ0n) is 11.3. The number of rotatable bonds is 8. The predicted octanol–water partition coefficient (Wildman–Crippen LogP) is 1.56. The van der Waals surface area contributed by atoms with Crippen LogP contribution < -0.4 is 15.8 Å². The molecule has 1 aromatic carbocycles. The van der Waals surface area contributed by atoms with Crippen molar-refractivity contribution in [1.82, 2.24) is 5.32 Å². The van der Waals surface area contributed by atoms with Crippen LogP contribution >= 0.6 is 0 Å². The van der Waals surface area contributed by atoms with Gasteiger partial charge in [0.2, 0.25) is 0 Å². The molecule has 1 aromatic rings. The highest BCUT2D eigenvalue weighted by Crippen LogP contribution is 2.21. The number of aliphatic hydroxyl groups is 1. The molecule has 0 aromatic heterocycles. The molecule has 0 unspecified atom stereocenters. The number of hydrogen-bond acceptors (Lipinski definition) is 4. The minimum atomic E-state index is -0.128. The van der Waals surface area contributed by atoms with Crippen LogP contribution in [0.2, 0.25) is 0 Å². The van der Waals surface area contributed by atoms with Gasteiger partial charge >= 0.3 is 0 Å². The Morgan fingerprint density at radius 2 is 2.05 bits per heavy atom. The van der Waals surface area contributed by atoms with Gasteiger partial charge in [0.25, 0.3) is 5.91 Å². The topological polar surface area (TPSA) is 84.6 Å². The van der Waals surface area contributed by atoms with Crippen molar-refractivity contribution in [2.24, 2.45) is 0 Å². The molecule has 1 rings (SSSR count). The van der Waals surface area contributed by atoms with Crippen LogP contribution in [-0.4, -0.2) is 31.3 Å². The number of hydrogen-bond donors (Lipinski definition) is 3. The van der Waals surface area contributed by atoms with Gasteiger partial charge in [-0.15, -0.1) is 0 Å². The van der Waals surface area contributed by atoms with E-state index in [1.54, 1.807) is 18.2 Å². The van der Waals surface area contributed by atoms with E-state index in [9.17, 15) is 4.79 Å². The van der Waals surface area contributed by atoms with Gasteiger partial charge < -0.3 is 20.9 Å². The lowest BCUT2D eigenvalue weighted by atomic mass is 10.1. The van der Waals surface area contributed by atoms with E-state index in [2.05, 4.69) is 5.32 Å². The molecule has 1 amide bonds. The lowest BCUT2D eigenvalue weighted by Crippen LogP contribution is -2.24. The fourth-order valence-corrected chi connectivity index (χ4v) is 1.77. The van der Waals surface area contributed by atoms with Crippen LogP contribution in [0.3, 0.4) is 0 Å². The fourth-order valence-electron chi connectivity index (χ4n) is 1.77. The van der Waals surface area contributed by atoms with Gasteiger partial charge in [-0.1, -0.05) is 12.8 Å². The molecule has 0 atom stereocenters. The van der Waals surface area contributed by atoms with Crippen LogP contribution in [0.4, 0.5) is 5.69 Å². The number of nitrogen functional groups attached to an aromatic ring is 1. The van der Waals surface area contributed by atoms with Crippen LogP contribution in [0.25, 0.3) is 0 Å². The van der Waals surface area contributed by atoms with Crippen LogP contribution in [0, 0.1) is 0 Å². The van der Waals surface area contributed by atoms with Gasteiger partial charge in [-0.2, -0.15) is 0 Å². The number of nitrogens with two attached hydrogens (primary N) is 1. The van der Waals surface area contributed by atoms with Crippen LogP contribution in [0.5, 0.6) is 5.75 Å². The van der Waals surface area contributed by atoms with Gasteiger partial charge in [0.15, 0.2) is 0 Å². The normalized spacial score (nSPS) is 10.2. The van der Waals surface area contributed by atoms with Crippen LogP contribution in [-0.2, 0) is 0 Å². The Kier molecular flexibility index (Phi) is 6.74. The first-order valence-electron chi connectivity index (χ1n) is 6.51. The van der Waals surface area contributed by atoms with E-state index in [-0.39, 0.29) is 12.5 Å². The van der Waals surface area contributed by atoms with Gasteiger partial charge in [0, 0.05) is 18.7 Å². The zero-order valence-corrected chi connectivity index (χ0v) is 11.3. The van der Waals surface area contributed by atoms with Crippen molar-refractivity contribution in [3.05, 3.63) is 23.8 Å². The first-order valence-corrected chi connectivity index (χ1v) is 6.51. The van der Waals surface area contributed by atoms with E-state index in [0.29, 0.717) is 23.5 Å². The highest BCUT2D eigenvalue weighted by Gasteiger charge is 2.07. The zero-order chi connectivity index (χ0) is 14.1. The molecule has 0 aliphatic rings. The number of methoxy groups -OCH3 is 1. The van der Waals surface area contributed by atoms with Crippen molar-refractivity contribution < 1.29 is 14.6 Å². The standard InChI is InChI=1S/C14H22N2O3/c1-19-13-7-6-11(10-12(13)15)14(18)16-8-4-2-3-5-9-17/h6-7,10,17H,2-5,8-9,15H2,1H3,(H,16,18). The Morgan fingerprint density at radius 1 is 1.32 bits per heavy atom. The second-order valence-corrected chi connectivity index (χ2v) is 4.35. The highest BCUT2D eigenvalue weighted by atomic mass is 16.5. The van der Waals surface area contributed by atoms with Crippen molar-refractivity contribution in [3.63, 3.8) is 0 Å². The lowest BCUT2D eigenvalue weighted by molar-refractivity contribution is 0.0953. The monoisotopic (exact) mass is 266 g/mol. The third-order valence-electron chi connectivity index (χ3n) is 2.86. The first-order chi connectivity index (χ1) is 9.19. The van der Waals surface area contributed by atoms with Gasteiger partial charge in [0.05, 0.1) is 12.8 Å². The summed E-state index contributed by atoms with van der Waals surface area (Å²) in [5.74, 6) is 0.442. The Balaban J connectivity index is 2.35. The van der Waals surface area contributed by atoms with E-state index < -0.39 is 0 Å². The molecule has 0 aliphatic heterocycles. The Bertz CT molecular complexity index is 408.